The van der Waals surface area contributed by atoms with Gasteiger partial charge in [-0.25, -0.2) is 4.98 Å². The molecule has 0 spiro atoms. The van der Waals surface area contributed by atoms with Crippen LogP contribution in [-0.2, 0) is 11.3 Å². The van der Waals surface area contributed by atoms with Gasteiger partial charge in [-0.2, -0.15) is 5.10 Å². The number of aryl methyl sites for hydroxylation is 1. The SMILES string of the molecule is CNCCn1cc(-c2ccc3c(c2)C(Nc2cc(C)ccn2)CC(C)N3C(C)=O)cn1. The zero-order chi connectivity index (χ0) is 22.0. The first-order valence-electron chi connectivity index (χ1n) is 10.8. The van der Waals surface area contributed by atoms with E-state index in [1.54, 1.807) is 6.92 Å². The van der Waals surface area contributed by atoms with Crippen molar-refractivity contribution in [3.8, 4) is 11.1 Å². The quantitative estimate of drug-likeness (QED) is 0.637. The predicted octanol–water partition coefficient (Wildman–Crippen LogP) is 3.77. The second kappa shape index (κ2) is 8.89. The summed E-state index contributed by atoms with van der Waals surface area (Å²) in [6, 6.07) is 10.5. The number of anilines is 2. The number of rotatable bonds is 6. The highest BCUT2D eigenvalue weighted by Crippen LogP contribution is 2.41. The highest BCUT2D eigenvalue weighted by Gasteiger charge is 2.32. The zero-order valence-corrected chi connectivity index (χ0v) is 18.6. The van der Waals surface area contributed by atoms with Crippen molar-refractivity contribution in [3.05, 3.63) is 60.0 Å². The summed E-state index contributed by atoms with van der Waals surface area (Å²) in [4.78, 5) is 18.8. The van der Waals surface area contributed by atoms with E-state index >= 15 is 0 Å². The topological polar surface area (TPSA) is 75.1 Å². The van der Waals surface area contributed by atoms with Crippen molar-refractivity contribution in [2.75, 3.05) is 23.8 Å². The van der Waals surface area contributed by atoms with Gasteiger partial charge in [0.1, 0.15) is 5.82 Å². The molecule has 0 saturated heterocycles. The zero-order valence-electron chi connectivity index (χ0n) is 18.6. The molecule has 31 heavy (non-hydrogen) atoms. The Labute approximate surface area is 183 Å². The number of carbonyl (C=O) groups is 1. The number of hydrogen-bond acceptors (Lipinski definition) is 5. The number of pyridine rings is 1. The van der Waals surface area contributed by atoms with Crippen LogP contribution >= 0.6 is 0 Å². The Bertz CT molecular complexity index is 1080. The summed E-state index contributed by atoms with van der Waals surface area (Å²) in [6.07, 6.45) is 6.60. The molecule has 2 aromatic heterocycles. The summed E-state index contributed by atoms with van der Waals surface area (Å²) < 4.78 is 1.95. The lowest BCUT2D eigenvalue weighted by molar-refractivity contribution is -0.117. The minimum Gasteiger partial charge on any atom is -0.363 e. The maximum atomic E-state index is 12.4. The monoisotopic (exact) mass is 418 g/mol. The molecule has 1 amide bonds. The Morgan fingerprint density at radius 2 is 2.06 bits per heavy atom. The van der Waals surface area contributed by atoms with E-state index in [1.165, 1.54) is 0 Å². The van der Waals surface area contributed by atoms with Gasteiger partial charge in [-0.15, -0.1) is 0 Å². The number of benzene rings is 1. The Kier molecular flexibility index (Phi) is 6.04. The second-order valence-corrected chi connectivity index (χ2v) is 8.26. The van der Waals surface area contributed by atoms with Crippen LogP contribution in [0.15, 0.2) is 48.9 Å². The summed E-state index contributed by atoms with van der Waals surface area (Å²) in [5.41, 5.74) is 5.39. The number of nitrogens with one attached hydrogen (secondary N) is 2. The third-order valence-corrected chi connectivity index (χ3v) is 5.81. The lowest BCUT2D eigenvalue weighted by atomic mass is 9.89. The summed E-state index contributed by atoms with van der Waals surface area (Å²) in [5, 5.41) is 11.2. The van der Waals surface area contributed by atoms with Crippen LogP contribution in [0.5, 0.6) is 0 Å². The van der Waals surface area contributed by atoms with Crippen molar-refractivity contribution in [3.63, 3.8) is 0 Å². The normalized spacial score (nSPS) is 18.0. The summed E-state index contributed by atoms with van der Waals surface area (Å²) in [6.45, 7) is 7.48. The fourth-order valence-electron chi connectivity index (χ4n) is 4.32. The minimum atomic E-state index is 0.0634. The third kappa shape index (κ3) is 4.46. The van der Waals surface area contributed by atoms with Crippen molar-refractivity contribution in [1.82, 2.24) is 20.1 Å². The van der Waals surface area contributed by atoms with Gasteiger partial charge in [-0.3, -0.25) is 9.48 Å². The molecule has 2 N–H and O–H groups in total. The highest BCUT2D eigenvalue weighted by molar-refractivity contribution is 5.94. The molecule has 162 valence electrons. The molecular formula is C24H30N6O. The maximum absolute atomic E-state index is 12.4. The van der Waals surface area contributed by atoms with Crippen molar-refractivity contribution >= 4 is 17.4 Å². The minimum absolute atomic E-state index is 0.0634. The van der Waals surface area contributed by atoms with E-state index in [-0.39, 0.29) is 18.0 Å². The molecule has 3 heterocycles. The fraction of sp³-hybridized carbons (Fsp3) is 0.375. The second-order valence-electron chi connectivity index (χ2n) is 8.26. The Hall–Kier alpha value is -3.19. The van der Waals surface area contributed by atoms with E-state index in [0.29, 0.717) is 0 Å². The first-order chi connectivity index (χ1) is 15.0. The number of hydrogen-bond donors (Lipinski definition) is 2. The van der Waals surface area contributed by atoms with Crippen LogP contribution in [0.4, 0.5) is 11.5 Å². The van der Waals surface area contributed by atoms with Gasteiger partial charge in [0.05, 0.1) is 18.8 Å². The number of nitrogens with zero attached hydrogens (tertiary/aromatic N) is 4. The molecule has 1 aliphatic rings. The number of amides is 1. The van der Waals surface area contributed by atoms with Gasteiger partial charge in [0, 0.05) is 43.2 Å². The molecule has 0 fully saturated rings. The van der Waals surface area contributed by atoms with Gasteiger partial charge in [0.15, 0.2) is 0 Å². The summed E-state index contributed by atoms with van der Waals surface area (Å²) in [7, 11) is 1.94. The molecule has 1 aromatic carbocycles. The molecule has 4 rings (SSSR count). The van der Waals surface area contributed by atoms with E-state index in [2.05, 4.69) is 65.0 Å². The number of fused-ring (bicyclic) bond motifs is 1. The van der Waals surface area contributed by atoms with E-state index in [9.17, 15) is 4.79 Å². The molecule has 7 nitrogen and oxygen atoms in total. The highest BCUT2D eigenvalue weighted by atomic mass is 16.2. The lowest BCUT2D eigenvalue weighted by Crippen LogP contribution is -2.43. The van der Waals surface area contributed by atoms with Crippen molar-refractivity contribution in [2.24, 2.45) is 0 Å². The average molecular weight is 419 g/mol. The van der Waals surface area contributed by atoms with Crippen LogP contribution in [0.2, 0.25) is 0 Å². The van der Waals surface area contributed by atoms with Crippen LogP contribution in [-0.4, -0.2) is 40.3 Å². The molecule has 0 aliphatic carbocycles. The molecule has 0 radical (unpaired) electrons. The molecule has 2 atom stereocenters. The standard InChI is InChI=1S/C24H30N6O/c1-16-7-8-26-24(11-16)28-22-12-17(2)30(18(3)31)23-6-5-19(13-21(22)23)20-14-27-29(15-20)10-9-25-4/h5-8,11,13-15,17,22,25H,9-10,12H2,1-4H3,(H,26,28). The van der Waals surface area contributed by atoms with Crippen molar-refractivity contribution in [2.45, 2.75) is 45.8 Å². The van der Waals surface area contributed by atoms with Crippen LogP contribution in [0.1, 0.15) is 37.4 Å². The first kappa shape index (κ1) is 21.1. The molecule has 3 aromatic rings. The first-order valence-corrected chi connectivity index (χ1v) is 10.8. The Morgan fingerprint density at radius 3 is 2.81 bits per heavy atom. The van der Waals surface area contributed by atoms with Crippen molar-refractivity contribution in [1.29, 1.82) is 0 Å². The Morgan fingerprint density at radius 1 is 1.23 bits per heavy atom. The van der Waals surface area contributed by atoms with Gasteiger partial charge in [-0.1, -0.05) is 6.07 Å². The molecule has 0 saturated carbocycles. The number of aromatic nitrogens is 3. The smallest absolute Gasteiger partial charge is 0.224 e. The van der Waals surface area contributed by atoms with Gasteiger partial charge >= 0.3 is 0 Å². The third-order valence-electron chi connectivity index (χ3n) is 5.81. The predicted molar refractivity (Wildman–Crippen MR) is 124 cm³/mol. The molecule has 0 bridgehead atoms. The molecule has 2 unspecified atom stereocenters. The van der Waals surface area contributed by atoms with Crippen molar-refractivity contribution < 1.29 is 4.79 Å². The Balaban J connectivity index is 1.71. The van der Waals surface area contributed by atoms with E-state index in [1.807, 2.05) is 35.1 Å². The van der Waals surface area contributed by atoms with Gasteiger partial charge in [-0.05, 0) is 68.3 Å². The van der Waals surface area contributed by atoms with Gasteiger partial charge < -0.3 is 15.5 Å². The van der Waals surface area contributed by atoms with E-state index < -0.39 is 0 Å². The summed E-state index contributed by atoms with van der Waals surface area (Å²) >= 11 is 0. The fourth-order valence-corrected chi connectivity index (χ4v) is 4.32. The van der Waals surface area contributed by atoms with Gasteiger partial charge in [0.25, 0.3) is 0 Å². The van der Waals surface area contributed by atoms with Crippen LogP contribution < -0.4 is 15.5 Å². The molecule has 7 heteroatoms. The molecular weight excluding hydrogens is 388 g/mol. The molecule has 1 aliphatic heterocycles. The van der Waals surface area contributed by atoms with Gasteiger partial charge in [0.2, 0.25) is 5.91 Å². The number of likely N-dealkylation sites (N-methyl/N-ethyl adjacent to an activating group) is 1. The van der Waals surface area contributed by atoms with Crippen LogP contribution in [0.25, 0.3) is 11.1 Å². The average Bonchev–Trinajstić information content (AvgIpc) is 3.21. The maximum Gasteiger partial charge on any atom is 0.224 e. The number of carbonyl (C=O) groups excluding carboxylic acids is 1. The van der Waals surface area contributed by atoms with Crippen LogP contribution in [0, 0.1) is 6.92 Å². The lowest BCUT2D eigenvalue weighted by Gasteiger charge is -2.39. The van der Waals surface area contributed by atoms with Crippen LogP contribution in [0.3, 0.4) is 0 Å². The summed E-state index contributed by atoms with van der Waals surface area (Å²) in [5.74, 6) is 0.915. The largest absolute Gasteiger partial charge is 0.363 e. The van der Waals surface area contributed by atoms with E-state index in [0.717, 1.165) is 53.3 Å². The van der Waals surface area contributed by atoms with E-state index in [4.69, 9.17) is 0 Å².